The molecular formula is C24H29N3O4S. The third kappa shape index (κ3) is 5.20. The number of hydrogen-bond donors (Lipinski definition) is 0. The third-order valence-corrected chi connectivity index (χ3v) is 6.74. The van der Waals surface area contributed by atoms with E-state index in [-0.39, 0.29) is 5.91 Å². The zero-order valence-corrected chi connectivity index (χ0v) is 19.4. The van der Waals surface area contributed by atoms with Crippen molar-refractivity contribution in [3.05, 3.63) is 48.0 Å². The number of aryl methyl sites for hydroxylation is 1. The first-order valence-electron chi connectivity index (χ1n) is 10.9. The number of carbonyl (C=O) groups is 1. The molecule has 0 saturated carbocycles. The molecule has 0 atom stereocenters. The van der Waals surface area contributed by atoms with Crippen molar-refractivity contribution < 1.29 is 19.0 Å². The quantitative estimate of drug-likeness (QED) is 0.491. The van der Waals surface area contributed by atoms with Gasteiger partial charge >= 0.3 is 0 Å². The highest BCUT2D eigenvalue weighted by molar-refractivity contribution is 7.22. The molecule has 7 nitrogen and oxygen atoms in total. The summed E-state index contributed by atoms with van der Waals surface area (Å²) in [5.74, 6) is 1.47. The predicted octanol–water partition coefficient (Wildman–Crippen LogP) is 3.61. The largest absolute Gasteiger partial charge is 0.495 e. The SMILES string of the molecule is COc1ccc(OC)c2sc(N(CCN3CCOCC3)C(=O)CCc3ccccc3)nc12. The predicted molar refractivity (Wildman–Crippen MR) is 127 cm³/mol. The van der Waals surface area contributed by atoms with Crippen molar-refractivity contribution in [3.63, 3.8) is 0 Å². The Hall–Kier alpha value is -2.68. The number of hydrogen-bond acceptors (Lipinski definition) is 7. The van der Waals surface area contributed by atoms with Gasteiger partial charge in [0.15, 0.2) is 5.13 Å². The molecule has 2 heterocycles. The highest BCUT2D eigenvalue weighted by Crippen LogP contribution is 2.40. The lowest BCUT2D eigenvalue weighted by molar-refractivity contribution is -0.118. The Kier molecular flexibility index (Phi) is 7.57. The summed E-state index contributed by atoms with van der Waals surface area (Å²) >= 11 is 1.47. The van der Waals surface area contributed by atoms with Crippen LogP contribution in [0, 0.1) is 0 Å². The van der Waals surface area contributed by atoms with Gasteiger partial charge in [-0.15, -0.1) is 0 Å². The minimum Gasteiger partial charge on any atom is -0.495 e. The van der Waals surface area contributed by atoms with E-state index < -0.39 is 0 Å². The number of nitrogens with zero attached hydrogens (tertiary/aromatic N) is 3. The minimum atomic E-state index is 0.0686. The summed E-state index contributed by atoms with van der Waals surface area (Å²) in [6, 6.07) is 13.8. The maximum atomic E-state index is 13.4. The van der Waals surface area contributed by atoms with Gasteiger partial charge in [-0.05, 0) is 24.1 Å². The van der Waals surface area contributed by atoms with Crippen LogP contribution in [0.25, 0.3) is 10.2 Å². The van der Waals surface area contributed by atoms with Gasteiger partial charge in [-0.2, -0.15) is 0 Å². The standard InChI is InChI=1S/C24H29N3O4S/c1-29-19-9-10-20(30-2)23-22(19)25-24(32-23)27(13-12-26-14-16-31-17-15-26)21(28)11-8-18-6-4-3-5-7-18/h3-7,9-10H,8,11-17H2,1-2H3. The summed E-state index contributed by atoms with van der Waals surface area (Å²) < 4.78 is 17.4. The van der Waals surface area contributed by atoms with E-state index in [0.717, 1.165) is 54.4 Å². The number of fused-ring (bicyclic) bond motifs is 1. The van der Waals surface area contributed by atoms with Crippen molar-refractivity contribution in [2.45, 2.75) is 12.8 Å². The molecule has 8 heteroatoms. The number of rotatable bonds is 9. The average Bonchev–Trinajstić information content (AvgIpc) is 3.28. The molecule has 1 aliphatic rings. The number of anilines is 1. The summed E-state index contributed by atoms with van der Waals surface area (Å²) in [6.07, 6.45) is 1.13. The number of ether oxygens (including phenoxy) is 3. The number of carbonyl (C=O) groups excluding carboxylic acids is 1. The fraction of sp³-hybridized carbons (Fsp3) is 0.417. The van der Waals surface area contributed by atoms with Crippen LogP contribution in [0.2, 0.25) is 0 Å². The van der Waals surface area contributed by atoms with Crippen molar-refractivity contribution in [1.29, 1.82) is 0 Å². The van der Waals surface area contributed by atoms with Gasteiger partial charge < -0.3 is 14.2 Å². The third-order valence-electron chi connectivity index (χ3n) is 5.64. The van der Waals surface area contributed by atoms with Crippen molar-refractivity contribution in [1.82, 2.24) is 9.88 Å². The van der Waals surface area contributed by atoms with Crippen LogP contribution in [-0.2, 0) is 16.0 Å². The first kappa shape index (κ1) is 22.5. The summed E-state index contributed by atoms with van der Waals surface area (Å²) in [7, 11) is 3.27. The van der Waals surface area contributed by atoms with E-state index in [1.54, 1.807) is 14.2 Å². The summed E-state index contributed by atoms with van der Waals surface area (Å²) in [4.78, 5) is 22.3. The highest BCUT2D eigenvalue weighted by atomic mass is 32.1. The molecule has 32 heavy (non-hydrogen) atoms. The molecule has 3 aromatic rings. The van der Waals surface area contributed by atoms with Gasteiger partial charge in [0.25, 0.3) is 0 Å². The minimum absolute atomic E-state index is 0.0686. The lowest BCUT2D eigenvalue weighted by atomic mass is 10.1. The van der Waals surface area contributed by atoms with Crippen LogP contribution in [0.4, 0.5) is 5.13 Å². The Morgan fingerprint density at radius 1 is 1.09 bits per heavy atom. The Morgan fingerprint density at radius 3 is 2.53 bits per heavy atom. The summed E-state index contributed by atoms with van der Waals surface area (Å²) in [5.41, 5.74) is 1.88. The lowest BCUT2D eigenvalue weighted by Crippen LogP contribution is -2.43. The fourth-order valence-corrected chi connectivity index (χ4v) is 4.93. The molecule has 0 unspecified atom stereocenters. The number of aromatic nitrogens is 1. The monoisotopic (exact) mass is 455 g/mol. The van der Waals surface area contributed by atoms with Gasteiger partial charge in [-0.1, -0.05) is 41.7 Å². The summed E-state index contributed by atoms with van der Waals surface area (Å²) in [5, 5.41) is 0.675. The van der Waals surface area contributed by atoms with Crippen LogP contribution in [0.5, 0.6) is 11.5 Å². The highest BCUT2D eigenvalue weighted by Gasteiger charge is 2.23. The normalized spacial score (nSPS) is 14.4. The second-order valence-electron chi connectivity index (χ2n) is 7.63. The molecule has 4 rings (SSSR count). The van der Waals surface area contributed by atoms with E-state index >= 15 is 0 Å². The molecular weight excluding hydrogens is 426 g/mol. The first-order chi connectivity index (χ1) is 15.7. The van der Waals surface area contributed by atoms with E-state index in [2.05, 4.69) is 17.0 Å². The topological polar surface area (TPSA) is 64.1 Å². The van der Waals surface area contributed by atoms with E-state index in [1.807, 2.05) is 35.2 Å². The Morgan fingerprint density at radius 2 is 1.81 bits per heavy atom. The molecule has 0 bridgehead atoms. The van der Waals surface area contributed by atoms with Crippen LogP contribution >= 0.6 is 11.3 Å². The Labute approximate surface area is 192 Å². The molecule has 0 radical (unpaired) electrons. The molecule has 0 aliphatic carbocycles. The molecule has 1 fully saturated rings. The second-order valence-corrected chi connectivity index (χ2v) is 8.61. The van der Waals surface area contributed by atoms with Crippen molar-refractivity contribution in [3.8, 4) is 11.5 Å². The second kappa shape index (κ2) is 10.8. The number of amides is 1. The number of methoxy groups -OCH3 is 2. The molecule has 1 amide bonds. The van der Waals surface area contributed by atoms with Crippen LogP contribution in [-0.4, -0.2) is 69.4 Å². The van der Waals surface area contributed by atoms with Gasteiger partial charge in [0.05, 0.1) is 27.4 Å². The summed E-state index contributed by atoms with van der Waals surface area (Å²) in [6.45, 7) is 4.60. The smallest absolute Gasteiger partial charge is 0.229 e. The van der Waals surface area contributed by atoms with Crippen LogP contribution < -0.4 is 14.4 Å². The molecule has 0 spiro atoms. The van der Waals surface area contributed by atoms with Gasteiger partial charge in [-0.3, -0.25) is 14.6 Å². The first-order valence-corrected chi connectivity index (χ1v) is 11.7. The lowest BCUT2D eigenvalue weighted by Gasteiger charge is -2.29. The van der Waals surface area contributed by atoms with E-state index in [4.69, 9.17) is 19.2 Å². The van der Waals surface area contributed by atoms with Gasteiger partial charge in [0.1, 0.15) is 21.7 Å². The molecule has 0 N–H and O–H groups in total. The van der Waals surface area contributed by atoms with Gasteiger partial charge in [0.2, 0.25) is 5.91 Å². The molecule has 1 aliphatic heterocycles. The molecule has 1 aromatic heterocycles. The van der Waals surface area contributed by atoms with Gasteiger partial charge in [-0.25, -0.2) is 4.98 Å². The Bertz CT molecular complexity index is 993. The maximum absolute atomic E-state index is 13.4. The average molecular weight is 456 g/mol. The van der Waals surface area contributed by atoms with Crippen molar-refractivity contribution >= 4 is 32.6 Å². The van der Waals surface area contributed by atoms with E-state index in [0.29, 0.717) is 30.3 Å². The van der Waals surface area contributed by atoms with Gasteiger partial charge in [0, 0.05) is 32.6 Å². The number of morpholine rings is 1. The zero-order chi connectivity index (χ0) is 22.3. The van der Waals surface area contributed by atoms with E-state index in [1.165, 1.54) is 11.3 Å². The maximum Gasteiger partial charge on any atom is 0.229 e. The fourth-order valence-electron chi connectivity index (χ4n) is 3.81. The van der Waals surface area contributed by atoms with Crippen molar-refractivity contribution in [2.75, 3.05) is 58.5 Å². The molecule has 2 aromatic carbocycles. The number of thiazole rings is 1. The molecule has 1 saturated heterocycles. The molecule has 170 valence electrons. The van der Waals surface area contributed by atoms with Crippen LogP contribution in [0.3, 0.4) is 0 Å². The van der Waals surface area contributed by atoms with Crippen molar-refractivity contribution in [2.24, 2.45) is 0 Å². The Balaban J connectivity index is 1.59. The van der Waals surface area contributed by atoms with Crippen LogP contribution in [0.1, 0.15) is 12.0 Å². The zero-order valence-electron chi connectivity index (χ0n) is 18.6. The van der Waals surface area contributed by atoms with E-state index in [9.17, 15) is 4.79 Å². The number of benzene rings is 2. The van der Waals surface area contributed by atoms with Crippen LogP contribution in [0.15, 0.2) is 42.5 Å².